The Labute approximate surface area is 101 Å². The van der Waals surface area contributed by atoms with Gasteiger partial charge in [-0.2, -0.15) is 4.98 Å². The van der Waals surface area contributed by atoms with Gasteiger partial charge in [0.1, 0.15) is 5.60 Å². The van der Waals surface area contributed by atoms with Crippen LogP contribution in [0.1, 0.15) is 57.7 Å². The van der Waals surface area contributed by atoms with Gasteiger partial charge in [-0.3, -0.25) is 0 Å². The minimum absolute atomic E-state index is 0.0961. The molecule has 2 rings (SSSR count). The van der Waals surface area contributed by atoms with E-state index >= 15 is 0 Å². The Bertz CT molecular complexity index is 370. The van der Waals surface area contributed by atoms with E-state index in [1.54, 1.807) is 6.92 Å². The van der Waals surface area contributed by atoms with Gasteiger partial charge in [0.15, 0.2) is 0 Å². The van der Waals surface area contributed by atoms with Crippen molar-refractivity contribution >= 4 is 0 Å². The zero-order chi connectivity index (χ0) is 12.5. The van der Waals surface area contributed by atoms with Gasteiger partial charge in [-0.05, 0) is 33.1 Å². The van der Waals surface area contributed by atoms with E-state index in [9.17, 15) is 5.11 Å². The van der Waals surface area contributed by atoms with Gasteiger partial charge in [-0.15, -0.1) is 0 Å². The Morgan fingerprint density at radius 1 is 1.53 bits per heavy atom. The maximum absolute atomic E-state index is 9.65. The van der Waals surface area contributed by atoms with Gasteiger partial charge in [0.05, 0.1) is 12.0 Å². The summed E-state index contributed by atoms with van der Waals surface area (Å²) < 4.78 is 10.9. The fraction of sp³-hybridized carbons (Fsp3) is 0.833. The van der Waals surface area contributed by atoms with E-state index in [1.165, 1.54) is 0 Å². The van der Waals surface area contributed by atoms with Gasteiger partial charge in [-0.25, -0.2) is 0 Å². The van der Waals surface area contributed by atoms with E-state index in [2.05, 4.69) is 10.1 Å². The number of aromatic nitrogens is 2. The minimum Gasteiger partial charge on any atom is -0.393 e. The van der Waals surface area contributed by atoms with E-state index in [4.69, 9.17) is 9.26 Å². The molecule has 0 aliphatic carbocycles. The van der Waals surface area contributed by atoms with Crippen molar-refractivity contribution < 1.29 is 14.4 Å². The molecular weight excluding hydrogens is 220 g/mol. The first-order chi connectivity index (χ1) is 8.07. The van der Waals surface area contributed by atoms with Crippen molar-refractivity contribution in [2.24, 2.45) is 0 Å². The highest BCUT2D eigenvalue weighted by molar-refractivity contribution is 5.04. The summed E-state index contributed by atoms with van der Waals surface area (Å²) in [5, 5.41) is 13.6. The van der Waals surface area contributed by atoms with Crippen LogP contribution in [0.25, 0.3) is 0 Å². The van der Waals surface area contributed by atoms with Crippen LogP contribution in [0.5, 0.6) is 0 Å². The lowest BCUT2D eigenvalue weighted by molar-refractivity contribution is 0.00768. The summed E-state index contributed by atoms with van der Waals surface area (Å²) in [6.07, 6.45) is 2.23. The number of aliphatic hydroxyl groups is 1. The van der Waals surface area contributed by atoms with Crippen molar-refractivity contribution in [1.82, 2.24) is 10.1 Å². The molecule has 0 bridgehead atoms. The molecule has 96 valence electrons. The summed E-state index contributed by atoms with van der Waals surface area (Å²) in [5.74, 6) is 1.01. The third kappa shape index (κ3) is 2.35. The summed E-state index contributed by atoms with van der Waals surface area (Å²) in [5.41, 5.74) is -0.418. The lowest BCUT2D eigenvalue weighted by Gasteiger charge is -2.18. The highest BCUT2D eigenvalue weighted by Gasteiger charge is 2.37. The topological polar surface area (TPSA) is 68.4 Å². The van der Waals surface area contributed by atoms with E-state index in [-0.39, 0.29) is 5.92 Å². The first kappa shape index (κ1) is 12.5. The molecule has 0 radical (unpaired) electrons. The maximum Gasteiger partial charge on any atom is 0.232 e. The highest BCUT2D eigenvalue weighted by atomic mass is 16.5. The Kier molecular flexibility index (Phi) is 3.49. The maximum atomic E-state index is 9.65. The monoisotopic (exact) mass is 240 g/mol. The van der Waals surface area contributed by atoms with Crippen LogP contribution in [-0.2, 0) is 10.3 Å². The summed E-state index contributed by atoms with van der Waals surface area (Å²) >= 11 is 0. The second kappa shape index (κ2) is 4.74. The average Bonchev–Trinajstić information content (AvgIpc) is 2.88. The van der Waals surface area contributed by atoms with E-state index < -0.39 is 11.7 Å². The molecule has 0 saturated carbocycles. The lowest BCUT2D eigenvalue weighted by Crippen LogP contribution is -2.22. The fourth-order valence-electron chi connectivity index (χ4n) is 2.28. The molecule has 1 aliphatic rings. The molecule has 3 unspecified atom stereocenters. The van der Waals surface area contributed by atoms with Gasteiger partial charge in [0.2, 0.25) is 11.7 Å². The second-order valence-corrected chi connectivity index (χ2v) is 4.89. The lowest BCUT2D eigenvalue weighted by atomic mass is 10.00. The largest absolute Gasteiger partial charge is 0.393 e. The van der Waals surface area contributed by atoms with Gasteiger partial charge in [0, 0.05) is 6.61 Å². The third-order valence-corrected chi connectivity index (χ3v) is 3.47. The molecule has 1 aromatic rings. The Morgan fingerprint density at radius 3 is 2.82 bits per heavy atom. The molecule has 2 heterocycles. The summed E-state index contributed by atoms with van der Waals surface area (Å²) in [6, 6.07) is 0. The van der Waals surface area contributed by atoms with Crippen LogP contribution in [0.3, 0.4) is 0 Å². The molecule has 5 nitrogen and oxygen atoms in total. The molecule has 1 N–H and O–H groups in total. The Morgan fingerprint density at radius 2 is 2.29 bits per heavy atom. The molecule has 1 aromatic heterocycles. The Hall–Kier alpha value is -0.940. The zero-order valence-electron chi connectivity index (χ0n) is 10.6. The predicted octanol–water partition coefficient (Wildman–Crippen LogP) is 1.97. The van der Waals surface area contributed by atoms with Crippen LogP contribution in [0.2, 0.25) is 0 Å². The van der Waals surface area contributed by atoms with Crippen LogP contribution in [0.4, 0.5) is 0 Å². The molecule has 1 fully saturated rings. The molecule has 17 heavy (non-hydrogen) atoms. The molecular formula is C12H20N2O3. The minimum atomic E-state index is -0.481. The standard InChI is InChI=1S/C12H20N2O3/c1-4-9(8(2)15)10-13-11(14-17-10)12(3)6-5-7-16-12/h8-9,15H,4-7H2,1-3H3. The number of hydrogen-bond acceptors (Lipinski definition) is 5. The number of rotatable bonds is 4. The number of aliphatic hydroxyl groups excluding tert-OH is 1. The fourth-order valence-corrected chi connectivity index (χ4v) is 2.28. The number of nitrogens with zero attached hydrogens (tertiary/aromatic N) is 2. The molecule has 0 aromatic carbocycles. The van der Waals surface area contributed by atoms with Crippen molar-refractivity contribution in [3.05, 3.63) is 11.7 Å². The molecule has 5 heteroatoms. The van der Waals surface area contributed by atoms with Crippen molar-refractivity contribution in [2.75, 3.05) is 6.61 Å². The first-order valence-electron chi connectivity index (χ1n) is 6.23. The first-order valence-corrected chi connectivity index (χ1v) is 6.23. The zero-order valence-corrected chi connectivity index (χ0v) is 10.6. The van der Waals surface area contributed by atoms with E-state index in [0.29, 0.717) is 11.7 Å². The average molecular weight is 240 g/mol. The van der Waals surface area contributed by atoms with Crippen molar-refractivity contribution in [1.29, 1.82) is 0 Å². The Balaban J connectivity index is 2.20. The normalized spacial score (nSPS) is 28.2. The predicted molar refractivity (Wildman–Crippen MR) is 61.5 cm³/mol. The highest BCUT2D eigenvalue weighted by Crippen LogP contribution is 2.34. The second-order valence-electron chi connectivity index (χ2n) is 4.89. The third-order valence-electron chi connectivity index (χ3n) is 3.47. The summed E-state index contributed by atoms with van der Waals surface area (Å²) in [4.78, 5) is 4.39. The SMILES string of the molecule is CCC(c1nc(C2(C)CCCO2)no1)C(C)O. The van der Waals surface area contributed by atoms with Crippen LogP contribution < -0.4 is 0 Å². The van der Waals surface area contributed by atoms with Gasteiger partial charge >= 0.3 is 0 Å². The van der Waals surface area contributed by atoms with Gasteiger partial charge in [0.25, 0.3) is 0 Å². The van der Waals surface area contributed by atoms with Crippen LogP contribution in [0.15, 0.2) is 4.52 Å². The molecule has 1 saturated heterocycles. The molecule has 1 aliphatic heterocycles. The van der Waals surface area contributed by atoms with Crippen LogP contribution in [-0.4, -0.2) is 28.0 Å². The van der Waals surface area contributed by atoms with E-state index in [1.807, 2.05) is 13.8 Å². The molecule has 0 amide bonds. The quantitative estimate of drug-likeness (QED) is 0.871. The van der Waals surface area contributed by atoms with Crippen LogP contribution in [0, 0.1) is 0 Å². The van der Waals surface area contributed by atoms with Crippen molar-refractivity contribution in [2.45, 2.75) is 57.7 Å². The van der Waals surface area contributed by atoms with Crippen LogP contribution >= 0.6 is 0 Å². The summed E-state index contributed by atoms with van der Waals surface area (Å²) in [7, 11) is 0. The van der Waals surface area contributed by atoms with E-state index in [0.717, 1.165) is 25.9 Å². The molecule has 3 atom stereocenters. The van der Waals surface area contributed by atoms with Gasteiger partial charge < -0.3 is 14.4 Å². The van der Waals surface area contributed by atoms with Crippen molar-refractivity contribution in [3.63, 3.8) is 0 Å². The van der Waals surface area contributed by atoms with Gasteiger partial charge in [-0.1, -0.05) is 12.1 Å². The molecule has 0 spiro atoms. The number of hydrogen-bond donors (Lipinski definition) is 1. The van der Waals surface area contributed by atoms with Crippen molar-refractivity contribution in [3.8, 4) is 0 Å². The smallest absolute Gasteiger partial charge is 0.232 e. The number of ether oxygens (including phenoxy) is 1. The summed E-state index contributed by atoms with van der Waals surface area (Å²) in [6.45, 7) is 6.47.